The lowest BCUT2D eigenvalue weighted by molar-refractivity contribution is -0.384. The molecule has 0 atom stereocenters. The fourth-order valence-electron chi connectivity index (χ4n) is 2.74. The summed E-state index contributed by atoms with van der Waals surface area (Å²) >= 11 is 0. The van der Waals surface area contributed by atoms with Crippen LogP contribution in [0.1, 0.15) is 51.2 Å². The molecule has 0 fully saturated rings. The number of nitrogens with one attached hydrogen (secondary N) is 1. The van der Waals surface area contributed by atoms with E-state index in [1.807, 2.05) is 12.1 Å². The number of carbonyl (C=O) groups is 1. The van der Waals surface area contributed by atoms with E-state index in [4.69, 9.17) is 4.74 Å². The fraction of sp³-hybridized carbons (Fsp3) is 0.409. The monoisotopic (exact) mass is 384 g/mol. The predicted octanol–water partition coefficient (Wildman–Crippen LogP) is 5.39. The van der Waals surface area contributed by atoms with Crippen molar-refractivity contribution in [3.05, 3.63) is 63.7 Å². The Balaban J connectivity index is 1.78. The second kappa shape index (κ2) is 9.35. The summed E-state index contributed by atoms with van der Waals surface area (Å²) in [6.07, 6.45) is 1.97. The fourth-order valence-corrected chi connectivity index (χ4v) is 2.74. The number of non-ortho nitro benzene ring substituents is 1. The van der Waals surface area contributed by atoms with Gasteiger partial charge in [0, 0.05) is 24.2 Å². The zero-order chi connectivity index (χ0) is 20.7. The number of benzene rings is 2. The zero-order valence-electron chi connectivity index (χ0n) is 17.0. The second-order valence-corrected chi connectivity index (χ2v) is 7.52. The number of carbonyl (C=O) groups excluding carboxylic acids is 1. The number of rotatable bonds is 9. The third-order valence-corrected chi connectivity index (χ3v) is 5.03. The van der Waals surface area contributed by atoms with Crippen molar-refractivity contribution in [2.45, 2.75) is 52.4 Å². The predicted molar refractivity (Wildman–Crippen MR) is 111 cm³/mol. The molecule has 2 aromatic carbocycles. The number of hydrogen-bond acceptors (Lipinski definition) is 4. The van der Waals surface area contributed by atoms with E-state index < -0.39 is 4.92 Å². The Morgan fingerprint density at radius 2 is 1.86 bits per heavy atom. The molecule has 0 spiro atoms. The molecule has 0 aliphatic rings. The molecular weight excluding hydrogens is 356 g/mol. The number of amides is 1. The quantitative estimate of drug-likeness (QED) is 0.357. The maximum Gasteiger partial charge on any atom is 0.269 e. The molecule has 1 amide bonds. The minimum Gasteiger partial charge on any atom is -0.494 e. The highest BCUT2D eigenvalue weighted by Crippen LogP contribution is 2.28. The van der Waals surface area contributed by atoms with Crippen molar-refractivity contribution in [1.82, 2.24) is 0 Å². The first kappa shape index (κ1) is 21.4. The van der Waals surface area contributed by atoms with Crippen LogP contribution in [0.5, 0.6) is 5.75 Å². The average molecular weight is 384 g/mol. The molecule has 28 heavy (non-hydrogen) atoms. The SMILES string of the molecule is CCC(C)(C)c1ccc(OCCCC(=O)Nc2ccc([N+](=O)[O-])cc2C)cc1. The summed E-state index contributed by atoms with van der Waals surface area (Å²) in [5.41, 5.74) is 2.68. The van der Waals surface area contributed by atoms with Crippen LogP contribution in [0.15, 0.2) is 42.5 Å². The van der Waals surface area contributed by atoms with E-state index in [-0.39, 0.29) is 17.0 Å². The van der Waals surface area contributed by atoms with Gasteiger partial charge < -0.3 is 10.1 Å². The van der Waals surface area contributed by atoms with Gasteiger partial charge in [0.25, 0.3) is 5.69 Å². The van der Waals surface area contributed by atoms with E-state index in [1.165, 1.54) is 17.7 Å². The molecule has 0 saturated heterocycles. The molecule has 0 radical (unpaired) electrons. The molecule has 0 bridgehead atoms. The van der Waals surface area contributed by atoms with Crippen LogP contribution in [0.2, 0.25) is 0 Å². The summed E-state index contributed by atoms with van der Waals surface area (Å²) in [7, 11) is 0. The van der Waals surface area contributed by atoms with Crippen LogP contribution < -0.4 is 10.1 Å². The van der Waals surface area contributed by atoms with Gasteiger partial charge in [0.05, 0.1) is 11.5 Å². The van der Waals surface area contributed by atoms with Crippen molar-refractivity contribution < 1.29 is 14.5 Å². The highest BCUT2D eigenvalue weighted by atomic mass is 16.6. The average Bonchev–Trinajstić information content (AvgIpc) is 2.67. The molecule has 0 aliphatic heterocycles. The highest BCUT2D eigenvalue weighted by molar-refractivity contribution is 5.91. The molecule has 0 aliphatic carbocycles. The summed E-state index contributed by atoms with van der Waals surface area (Å²) in [5, 5.41) is 13.6. The topological polar surface area (TPSA) is 81.5 Å². The Labute approximate surface area is 166 Å². The van der Waals surface area contributed by atoms with Gasteiger partial charge in [0.15, 0.2) is 0 Å². The summed E-state index contributed by atoms with van der Waals surface area (Å²) in [4.78, 5) is 22.4. The van der Waals surface area contributed by atoms with E-state index in [1.54, 1.807) is 13.0 Å². The molecule has 150 valence electrons. The molecule has 6 nitrogen and oxygen atoms in total. The molecule has 0 unspecified atom stereocenters. The van der Waals surface area contributed by atoms with Gasteiger partial charge in [-0.1, -0.05) is 32.9 Å². The van der Waals surface area contributed by atoms with E-state index >= 15 is 0 Å². The van der Waals surface area contributed by atoms with Crippen LogP contribution in [0.25, 0.3) is 0 Å². The number of anilines is 1. The first-order valence-corrected chi connectivity index (χ1v) is 9.51. The molecule has 0 heterocycles. The number of nitro benzene ring substituents is 1. The van der Waals surface area contributed by atoms with Crippen molar-refractivity contribution in [3.63, 3.8) is 0 Å². The van der Waals surface area contributed by atoms with Crippen LogP contribution in [0.4, 0.5) is 11.4 Å². The zero-order valence-corrected chi connectivity index (χ0v) is 17.0. The Bertz CT molecular complexity index is 829. The smallest absolute Gasteiger partial charge is 0.269 e. The van der Waals surface area contributed by atoms with E-state index in [9.17, 15) is 14.9 Å². The summed E-state index contributed by atoms with van der Waals surface area (Å²) in [6.45, 7) is 8.79. The van der Waals surface area contributed by atoms with Gasteiger partial charge in [0.2, 0.25) is 5.91 Å². The van der Waals surface area contributed by atoms with Crippen molar-refractivity contribution in [1.29, 1.82) is 0 Å². The summed E-state index contributed by atoms with van der Waals surface area (Å²) < 4.78 is 5.72. The van der Waals surface area contributed by atoms with Gasteiger partial charge in [-0.15, -0.1) is 0 Å². The third-order valence-electron chi connectivity index (χ3n) is 5.03. The largest absolute Gasteiger partial charge is 0.494 e. The summed E-state index contributed by atoms with van der Waals surface area (Å²) in [6, 6.07) is 12.5. The standard InChI is InChI=1S/C22H28N2O4/c1-5-22(3,4)17-8-11-19(12-9-17)28-14-6-7-21(25)23-20-13-10-18(24(26)27)15-16(20)2/h8-13,15H,5-7,14H2,1-4H3,(H,23,25). The Hall–Kier alpha value is -2.89. The third kappa shape index (κ3) is 5.81. The number of ether oxygens (including phenoxy) is 1. The maximum absolute atomic E-state index is 12.1. The van der Waals surface area contributed by atoms with Crippen molar-refractivity contribution in [2.24, 2.45) is 0 Å². The summed E-state index contributed by atoms with van der Waals surface area (Å²) in [5.74, 6) is 0.655. The Morgan fingerprint density at radius 1 is 1.18 bits per heavy atom. The van der Waals surface area contributed by atoms with E-state index in [0.717, 1.165) is 12.2 Å². The number of aryl methyl sites for hydroxylation is 1. The highest BCUT2D eigenvalue weighted by Gasteiger charge is 2.17. The normalized spacial score (nSPS) is 11.1. The first-order valence-electron chi connectivity index (χ1n) is 9.51. The molecule has 6 heteroatoms. The number of nitrogens with zero attached hydrogens (tertiary/aromatic N) is 1. The molecule has 2 aromatic rings. The van der Waals surface area contributed by atoms with Crippen LogP contribution >= 0.6 is 0 Å². The van der Waals surface area contributed by atoms with Crippen LogP contribution in [-0.4, -0.2) is 17.4 Å². The Kier molecular flexibility index (Phi) is 7.15. The minimum absolute atomic E-state index is 0.0113. The maximum atomic E-state index is 12.1. The molecule has 0 aromatic heterocycles. The van der Waals surface area contributed by atoms with Gasteiger partial charge in [0.1, 0.15) is 5.75 Å². The first-order chi connectivity index (χ1) is 13.2. The molecule has 2 rings (SSSR count). The number of nitro groups is 1. The Morgan fingerprint density at radius 3 is 2.43 bits per heavy atom. The van der Waals surface area contributed by atoms with Crippen LogP contribution in [0.3, 0.4) is 0 Å². The van der Waals surface area contributed by atoms with Crippen molar-refractivity contribution >= 4 is 17.3 Å². The van der Waals surface area contributed by atoms with E-state index in [0.29, 0.717) is 30.7 Å². The molecule has 1 N–H and O–H groups in total. The lowest BCUT2D eigenvalue weighted by Crippen LogP contribution is -2.15. The lowest BCUT2D eigenvalue weighted by atomic mass is 9.82. The molecular formula is C22H28N2O4. The van der Waals surface area contributed by atoms with E-state index in [2.05, 4.69) is 38.2 Å². The molecule has 0 saturated carbocycles. The van der Waals surface area contributed by atoms with Gasteiger partial charge in [-0.2, -0.15) is 0 Å². The van der Waals surface area contributed by atoms with Gasteiger partial charge >= 0.3 is 0 Å². The van der Waals surface area contributed by atoms with Gasteiger partial charge in [-0.3, -0.25) is 14.9 Å². The minimum atomic E-state index is -0.453. The van der Waals surface area contributed by atoms with Gasteiger partial charge in [-0.25, -0.2) is 0 Å². The van der Waals surface area contributed by atoms with Crippen LogP contribution in [0, 0.1) is 17.0 Å². The number of hydrogen-bond donors (Lipinski definition) is 1. The lowest BCUT2D eigenvalue weighted by Gasteiger charge is -2.23. The van der Waals surface area contributed by atoms with Crippen molar-refractivity contribution in [2.75, 3.05) is 11.9 Å². The van der Waals surface area contributed by atoms with Gasteiger partial charge in [-0.05, 0) is 54.5 Å². The second-order valence-electron chi connectivity index (χ2n) is 7.52. The van der Waals surface area contributed by atoms with Crippen LogP contribution in [-0.2, 0) is 10.2 Å². The van der Waals surface area contributed by atoms with Crippen molar-refractivity contribution in [3.8, 4) is 5.75 Å².